The van der Waals surface area contributed by atoms with Crippen molar-refractivity contribution in [2.75, 3.05) is 0 Å². The molecular formula is C19H19NO5S. The summed E-state index contributed by atoms with van der Waals surface area (Å²) >= 11 is 0. The molecule has 0 atom stereocenters. The van der Waals surface area contributed by atoms with Crippen molar-refractivity contribution < 1.29 is 22.7 Å². The average Bonchev–Trinajstić information content (AvgIpc) is 3.00. The second-order valence-corrected chi connectivity index (χ2v) is 8.49. The summed E-state index contributed by atoms with van der Waals surface area (Å²) in [5.41, 5.74) is -0.290. The van der Waals surface area contributed by atoms with Gasteiger partial charge in [-0.05, 0) is 31.0 Å². The van der Waals surface area contributed by atoms with Gasteiger partial charge in [-0.2, -0.15) is 4.72 Å². The smallest absolute Gasteiger partial charge is 0.324 e. The molecule has 1 aliphatic rings. The van der Waals surface area contributed by atoms with Crippen LogP contribution < -0.4 is 4.72 Å². The predicted octanol–water partition coefficient (Wildman–Crippen LogP) is 3.65. The molecule has 136 valence electrons. The van der Waals surface area contributed by atoms with E-state index < -0.39 is 21.5 Å². The van der Waals surface area contributed by atoms with Crippen molar-refractivity contribution in [3.63, 3.8) is 0 Å². The maximum Gasteiger partial charge on any atom is 0.324 e. The molecule has 1 aliphatic carbocycles. The summed E-state index contributed by atoms with van der Waals surface area (Å²) in [6.07, 6.45) is 2.90. The van der Waals surface area contributed by atoms with Crippen LogP contribution in [0.5, 0.6) is 0 Å². The fourth-order valence-corrected chi connectivity index (χ4v) is 5.14. The van der Waals surface area contributed by atoms with Crippen LogP contribution in [0.25, 0.3) is 21.9 Å². The number of aliphatic carboxylic acids is 1. The SMILES string of the molecule is O=C(O)C1(NS(=O)(=O)c2ccc3c(c2)oc2ccccc23)CCCCC1. The van der Waals surface area contributed by atoms with Crippen molar-refractivity contribution >= 4 is 37.9 Å². The van der Waals surface area contributed by atoms with E-state index in [0.717, 1.165) is 17.2 Å². The molecule has 1 heterocycles. The number of sulfonamides is 1. The Kier molecular flexibility index (Phi) is 4.00. The normalized spacial score (nSPS) is 17.5. The highest BCUT2D eigenvalue weighted by Gasteiger charge is 2.43. The number of carbonyl (C=O) groups is 1. The third-order valence-corrected chi connectivity index (χ3v) is 6.64. The van der Waals surface area contributed by atoms with Gasteiger partial charge < -0.3 is 9.52 Å². The van der Waals surface area contributed by atoms with Gasteiger partial charge in [-0.1, -0.05) is 37.5 Å². The minimum absolute atomic E-state index is 0.00949. The van der Waals surface area contributed by atoms with Crippen LogP contribution in [0.15, 0.2) is 51.8 Å². The van der Waals surface area contributed by atoms with Crippen molar-refractivity contribution in [3.05, 3.63) is 42.5 Å². The lowest BCUT2D eigenvalue weighted by Crippen LogP contribution is -2.55. The number of furan rings is 1. The molecule has 0 amide bonds. The fourth-order valence-electron chi connectivity index (χ4n) is 3.70. The third-order valence-electron chi connectivity index (χ3n) is 5.11. The number of hydrogen-bond donors (Lipinski definition) is 2. The van der Waals surface area contributed by atoms with E-state index in [9.17, 15) is 18.3 Å². The maximum atomic E-state index is 12.9. The molecule has 0 spiro atoms. The minimum Gasteiger partial charge on any atom is -0.480 e. The lowest BCUT2D eigenvalue weighted by molar-refractivity contribution is -0.145. The molecule has 0 saturated heterocycles. The zero-order valence-electron chi connectivity index (χ0n) is 14.1. The maximum absolute atomic E-state index is 12.9. The van der Waals surface area contributed by atoms with E-state index in [2.05, 4.69) is 4.72 Å². The van der Waals surface area contributed by atoms with Gasteiger partial charge in [0.2, 0.25) is 10.0 Å². The molecule has 1 saturated carbocycles. The molecule has 2 N–H and O–H groups in total. The van der Waals surface area contributed by atoms with Crippen LogP contribution in [0, 0.1) is 0 Å². The first kappa shape index (κ1) is 17.1. The molecule has 26 heavy (non-hydrogen) atoms. The number of benzene rings is 2. The highest BCUT2D eigenvalue weighted by atomic mass is 32.2. The molecule has 3 aromatic rings. The van der Waals surface area contributed by atoms with Gasteiger partial charge in [0.05, 0.1) is 4.90 Å². The molecular weight excluding hydrogens is 354 g/mol. The molecule has 1 aromatic heterocycles. The molecule has 0 unspecified atom stereocenters. The number of rotatable bonds is 4. The molecule has 0 bridgehead atoms. The van der Waals surface area contributed by atoms with E-state index in [1.807, 2.05) is 24.3 Å². The van der Waals surface area contributed by atoms with Crippen LogP contribution >= 0.6 is 0 Å². The van der Waals surface area contributed by atoms with E-state index >= 15 is 0 Å². The van der Waals surface area contributed by atoms with Crippen LogP contribution in [0.1, 0.15) is 32.1 Å². The largest absolute Gasteiger partial charge is 0.480 e. The lowest BCUT2D eigenvalue weighted by atomic mass is 9.83. The summed E-state index contributed by atoms with van der Waals surface area (Å²) < 4.78 is 33.9. The van der Waals surface area contributed by atoms with Crippen LogP contribution in [-0.4, -0.2) is 25.0 Å². The van der Waals surface area contributed by atoms with Crippen LogP contribution in [0.4, 0.5) is 0 Å². The van der Waals surface area contributed by atoms with Gasteiger partial charge in [-0.3, -0.25) is 4.79 Å². The number of para-hydroxylation sites is 1. The van der Waals surface area contributed by atoms with Gasteiger partial charge in [0.15, 0.2) is 0 Å². The quantitative estimate of drug-likeness (QED) is 0.728. The highest BCUT2D eigenvalue weighted by molar-refractivity contribution is 7.89. The Balaban J connectivity index is 1.75. The highest BCUT2D eigenvalue weighted by Crippen LogP contribution is 2.33. The van der Waals surface area contributed by atoms with E-state index in [1.165, 1.54) is 12.1 Å². The van der Waals surface area contributed by atoms with Crippen molar-refractivity contribution in [2.24, 2.45) is 0 Å². The molecule has 2 aromatic carbocycles. The van der Waals surface area contributed by atoms with Crippen molar-refractivity contribution in [2.45, 2.75) is 42.5 Å². The van der Waals surface area contributed by atoms with Crippen LogP contribution in [-0.2, 0) is 14.8 Å². The molecule has 0 aliphatic heterocycles. The van der Waals surface area contributed by atoms with Crippen LogP contribution in [0.2, 0.25) is 0 Å². The van der Waals surface area contributed by atoms with E-state index in [-0.39, 0.29) is 4.90 Å². The monoisotopic (exact) mass is 373 g/mol. The first-order valence-electron chi connectivity index (χ1n) is 8.60. The summed E-state index contributed by atoms with van der Waals surface area (Å²) in [5, 5.41) is 11.4. The Hall–Kier alpha value is -2.38. The van der Waals surface area contributed by atoms with Gasteiger partial charge >= 0.3 is 5.97 Å². The van der Waals surface area contributed by atoms with Gasteiger partial charge in [0, 0.05) is 16.8 Å². The molecule has 6 nitrogen and oxygen atoms in total. The van der Waals surface area contributed by atoms with E-state index in [0.29, 0.717) is 36.8 Å². The summed E-state index contributed by atoms with van der Waals surface area (Å²) in [4.78, 5) is 11.8. The summed E-state index contributed by atoms with van der Waals surface area (Å²) in [6.45, 7) is 0. The number of hydrogen-bond acceptors (Lipinski definition) is 4. The number of fused-ring (bicyclic) bond motifs is 3. The van der Waals surface area contributed by atoms with Crippen molar-refractivity contribution in [3.8, 4) is 0 Å². The first-order valence-corrected chi connectivity index (χ1v) is 10.1. The second-order valence-electron chi connectivity index (χ2n) is 6.81. The Morgan fingerprint density at radius 1 is 1.00 bits per heavy atom. The first-order chi connectivity index (χ1) is 12.4. The predicted molar refractivity (Wildman–Crippen MR) is 97.5 cm³/mol. The zero-order valence-corrected chi connectivity index (χ0v) is 14.9. The Labute approximate surface area is 150 Å². The van der Waals surface area contributed by atoms with Gasteiger partial charge in [0.1, 0.15) is 16.7 Å². The summed E-state index contributed by atoms with van der Waals surface area (Å²) in [7, 11) is -3.98. The topological polar surface area (TPSA) is 96.6 Å². The van der Waals surface area contributed by atoms with Crippen molar-refractivity contribution in [1.29, 1.82) is 0 Å². The standard InChI is InChI=1S/C19H19NO5S/c21-18(22)19(10-4-1-5-11-19)20-26(23,24)13-8-9-15-14-6-2-3-7-16(14)25-17(15)12-13/h2-3,6-9,12,20H,1,4-5,10-11H2,(H,21,22). The Bertz CT molecular complexity index is 1090. The Morgan fingerprint density at radius 2 is 1.69 bits per heavy atom. The molecule has 7 heteroatoms. The second kappa shape index (κ2) is 6.10. The molecule has 0 radical (unpaired) electrons. The average molecular weight is 373 g/mol. The fraction of sp³-hybridized carbons (Fsp3) is 0.316. The van der Waals surface area contributed by atoms with Gasteiger partial charge in [-0.25, -0.2) is 8.42 Å². The molecule has 1 fully saturated rings. The lowest BCUT2D eigenvalue weighted by Gasteiger charge is -2.33. The Morgan fingerprint density at radius 3 is 2.42 bits per heavy atom. The van der Waals surface area contributed by atoms with E-state index in [4.69, 9.17) is 4.42 Å². The van der Waals surface area contributed by atoms with Gasteiger partial charge in [-0.15, -0.1) is 0 Å². The number of nitrogens with one attached hydrogen (secondary N) is 1. The van der Waals surface area contributed by atoms with Gasteiger partial charge in [0.25, 0.3) is 0 Å². The number of carboxylic acids is 1. The number of carboxylic acid groups (broad SMARTS) is 1. The van der Waals surface area contributed by atoms with Crippen molar-refractivity contribution in [1.82, 2.24) is 4.72 Å². The molecule has 4 rings (SSSR count). The van der Waals surface area contributed by atoms with Crippen LogP contribution in [0.3, 0.4) is 0 Å². The van der Waals surface area contributed by atoms with E-state index in [1.54, 1.807) is 6.07 Å². The summed E-state index contributed by atoms with van der Waals surface area (Å²) in [6, 6.07) is 12.1. The minimum atomic E-state index is -3.98. The third kappa shape index (κ3) is 2.77. The zero-order chi connectivity index (χ0) is 18.4. The summed E-state index contributed by atoms with van der Waals surface area (Å²) in [5.74, 6) is -1.12.